The van der Waals surface area contributed by atoms with Crippen LogP contribution in [0.15, 0.2) is 47.8 Å². The Labute approximate surface area is 120 Å². The van der Waals surface area contributed by atoms with Gasteiger partial charge in [0.25, 0.3) is 0 Å². The van der Waals surface area contributed by atoms with Crippen molar-refractivity contribution < 1.29 is 9.90 Å². The third-order valence-corrected chi connectivity index (χ3v) is 3.74. The van der Waals surface area contributed by atoms with Crippen LogP contribution in [0, 0.1) is 11.3 Å². The first-order valence-electron chi connectivity index (χ1n) is 5.85. The van der Waals surface area contributed by atoms with E-state index in [0.29, 0.717) is 11.4 Å². The van der Waals surface area contributed by atoms with Crippen LogP contribution in [-0.2, 0) is 11.2 Å². The van der Waals surface area contributed by atoms with Crippen molar-refractivity contribution in [2.45, 2.75) is 16.7 Å². The van der Waals surface area contributed by atoms with E-state index in [1.807, 2.05) is 36.4 Å². The van der Waals surface area contributed by atoms with E-state index in [9.17, 15) is 9.90 Å². The molecule has 0 radical (unpaired) electrons. The summed E-state index contributed by atoms with van der Waals surface area (Å²) in [4.78, 5) is 19.3. The molecule has 100 valence electrons. The van der Waals surface area contributed by atoms with Crippen LogP contribution >= 0.6 is 11.8 Å². The predicted octanol–water partition coefficient (Wildman–Crippen LogP) is 2.14. The summed E-state index contributed by atoms with van der Waals surface area (Å²) < 4.78 is 0. The fourth-order valence-electron chi connectivity index (χ4n) is 1.63. The van der Waals surface area contributed by atoms with Gasteiger partial charge in [-0.05, 0) is 12.0 Å². The summed E-state index contributed by atoms with van der Waals surface area (Å²) in [6, 6.07) is 11.3. The van der Waals surface area contributed by atoms with E-state index in [-0.39, 0.29) is 5.69 Å². The number of benzene rings is 1. The quantitative estimate of drug-likeness (QED) is 0.847. The second kappa shape index (κ2) is 6.68. The van der Waals surface area contributed by atoms with Crippen molar-refractivity contribution in [3.63, 3.8) is 0 Å². The molecule has 0 spiro atoms. The van der Waals surface area contributed by atoms with Gasteiger partial charge in [-0.3, -0.25) is 4.79 Å². The number of aromatic nitrogens is 2. The second-order valence-corrected chi connectivity index (χ2v) is 5.15. The van der Waals surface area contributed by atoms with E-state index in [1.165, 1.54) is 12.4 Å². The van der Waals surface area contributed by atoms with Gasteiger partial charge in [0, 0.05) is 12.4 Å². The molecular formula is C14H11N3O2S. The Bertz CT molecular complexity index is 640. The Hall–Kier alpha value is -2.39. The Kier molecular flexibility index (Phi) is 4.69. The summed E-state index contributed by atoms with van der Waals surface area (Å²) in [5, 5.41) is 17.9. The second-order valence-electron chi connectivity index (χ2n) is 3.96. The number of carbonyl (C=O) groups is 1. The van der Waals surface area contributed by atoms with Gasteiger partial charge < -0.3 is 5.11 Å². The lowest BCUT2D eigenvalue weighted by Crippen LogP contribution is -2.19. The number of hydrogen-bond acceptors (Lipinski definition) is 5. The largest absolute Gasteiger partial charge is 0.480 e. The van der Waals surface area contributed by atoms with Gasteiger partial charge in [-0.2, -0.15) is 5.26 Å². The van der Waals surface area contributed by atoms with Crippen molar-refractivity contribution in [2.24, 2.45) is 0 Å². The maximum Gasteiger partial charge on any atom is 0.317 e. The average molecular weight is 285 g/mol. The minimum atomic E-state index is -0.937. The topological polar surface area (TPSA) is 86.9 Å². The van der Waals surface area contributed by atoms with E-state index in [4.69, 9.17) is 5.26 Å². The number of aliphatic carboxylic acids is 1. The number of nitriles is 1. The number of rotatable bonds is 5. The molecule has 6 heteroatoms. The van der Waals surface area contributed by atoms with Gasteiger partial charge in [-0.1, -0.05) is 42.1 Å². The highest BCUT2D eigenvalue weighted by atomic mass is 32.2. The van der Waals surface area contributed by atoms with E-state index in [0.717, 1.165) is 17.3 Å². The van der Waals surface area contributed by atoms with Gasteiger partial charge in [0.1, 0.15) is 16.3 Å². The summed E-state index contributed by atoms with van der Waals surface area (Å²) in [7, 11) is 0. The number of nitrogens with zero attached hydrogens (tertiary/aromatic N) is 3. The van der Waals surface area contributed by atoms with Gasteiger partial charge in [-0.25, -0.2) is 9.97 Å². The monoisotopic (exact) mass is 285 g/mol. The molecule has 1 unspecified atom stereocenters. The smallest absolute Gasteiger partial charge is 0.317 e. The SMILES string of the molecule is N#Cc1nccnc1SC(Cc1ccccc1)C(=O)O. The first-order valence-corrected chi connectivity index (χ1v) is 6.73. The molecule has 1 atom stereocenters. The Balaban J connectivity index is 2.18. The van der Waals surface area contributed by atoms with Crippen LogP contribution < -0.4 is 0 Å². The summed E-state index contributed by atoms with van der Waals surface area (Å²) in [6.07, 6.45) is 3.22. The highest BCUT2D eigenvalue weighted by Crippen LogP contribution is 2.26. The fraction of sp³-hybridized carbons (Fsp3) is 0.143. The number of hydrogen-bond donors (Lipinski definition) is 1. The lowest BCUT2D eigenvalue weighted by molar-refractivity contribution is -0.136. The molecule has 1 aromatic carbocycles. The predicted molar refractivity (Wildman–Crippen MR) is 74.2 cm³/mol. The van der Waals surface area contributed by atoms with Crippen molar-refractivity contribution in [1.82, 2.24) is 9.97 Å². The van der Waals surface area contributed by atoms with Crippen LogP contribution in [0.2, 0.25) is 0 Å². The van der Waals surface area contributed by atoms with Crippen molar-refractivity contribution in [3.05, 3.63) is 54.0 Å². The van der Waals surface area contributed by atoms with Gasteiger partial charge in [0.2, 0.25) is 0 Å². The molecule has 20 heavy (non-hydrogen) atoms. The summed E-state index contributed by atoms with van der Waals surface area (Å²) in [6.45, 7) is 0. The summed E-state index contributed by atoms with van der Waals surface area (Å²) in [5.41, 5.74) is 1.08. The zero-order valence-electron chi connectivity index (χ0n) is 10.4. The molecule has 2 rings (SSSR count). The minimum Gasteiger partial charge on any atom is -0.480 e. The fourth-order valence-corrected chi connectivity index (χ4v) is 2.61. The molecule has 0 aliphatic heterocycles. The molecule has 0 aliphatic carbocycles. The van der Waals surface area contributed by atoms with Crippen LogP contribution in [0.4, 0.5) is 0 Å². The highest BCUT2D eigenvalue weighted by Gasteiger charge is 2.22. The number of thioether (sulfide) groups is 1. The standard InChI is InChI=1S/C14H11N3O2S/c15-9-11-13(17-7-6-16-11)20-12(14(18)19)8-10-4-2-1-3-5-10/h1-7,12H,8H2,(H,18,19). The van der Waals surface area contributed by atoms with Crippen LogP contribution in [0.5, 0.6) is 0 Å². The first-order chi connectivity index (χ1) is 9.70. The molecule has 0 saturated carbocycles. The summed E-state index contributed by atoms with van der Waals surface area (Å²) in [5.74, 6) is -0.937. The molecular weight excluding hydrogens is 274 g/mol. The molecule has 0 bridgehead atoms. The van der Waals surface area contributed by atoms with Crippen LogP contribution in [0.25, 0.3) is 0 Å². The van der Waals surface area contributed by atoms with Crippen molar-refractivity contribution >= 4 is 17.7 Å². The molecule has 0 amide bonds. The number of carboxylic acids is 1. The maximum atomic E-state index is 11.4. The molecule has 1 N–H and O–H groups in total. The average Bonchev–Trinajstić information content (AvgIpc) is 2.48. The minimum absolute atomic E-state index is 0.150. The molecule has 2 aromatic rings. The zero-order valence-corrected chi connectivity index (χ0v) is 11.2. The lowest BCUT2D eigenvalue weighted by Gasteiger charge is -2.11. The normalized spacial score (nSPS) is 11.6. The third kappa shape index (κ3) is 3.56. The van der Waals surface area contributed by atoms with Gasteiger partial charge in [0.05, 0.1) is 0 Å². The van der Waals surface area contributed by atoms with Crippen molar-refractivity contribution in [1.29, 1.82) is 5.26 Å². The number of carboxylic acid groups (broad SMARTS) is 1. The Morgan fingerprint density at radius 3 is 2.65 bits per heavy atom. The van der Waals surface area contributed by atoms with E-state index in [2.05, 4.69) is 9.97 Å². The van der Waals surface area contributed by atoms with Gasteiger partial charge in [0.15, 0.2) is 5.69 Å². The van der Waals surface area contributed by atoms with E-state index in [1.54, 1.807) is 0 Å². The van der Waals surface area contributed by atoms with Gasteiger partial charge >= 0.3 is 5.97 Å². The van der Waals surface area contributed by atoms with Crippen LogP contribution in [0.3, 0.4) is 0 Å². The van der Waals surface area contributed by atoms with Crippen LogP contribution in [-0.4, -0.2) is 26.3 Å². The Morgan fingerprint density at radius 2 is 2.00 bits per heavy atom. The van der Waals surface area contributed by atoms with Crippen LogP contribution in [0.1, 0.15) is 11.3 Å². The molecule has 0 saturated heterocycles. The lowest BCUT2D eigenvalue weighted by atomic mass is 10.1. The highest BCUT2D eigenvalue weighted by molar-refractivity contribution is 8.00. The molecule has 1 aromatic heterocycles. The van der Waals surface area contributed by atoms with Crippen molar-refractivity contribution in [3.8, 4) is 6.07 Å². The van der Waals surface area contributed by atoms with E-state index >= 15 is 0 Å². The third-order valence-electron chi connectivity index (χ3n) is 2.56. The van der Waals surface area contributed by atoms with E-state index < -0.39 is 11.2 Å². The molecule has 0 aliphatic rings. The van der Waals surface area contributed by atoms with Gasteiger partial charge in [-0.15, -0.1) is 0 Å². The Morgan fingerprint density at radius 1 is 1.30 bits per heavy atom. The van der Waals surface area contributed by atoms with Crippen molar-refractivity contribution in [2.75, 3.05) is 0 Å². The zero-order chi connectivity index (χ0) is 14.4. The maximum absolute atomic E-state index is 11.4. The molecule has 5 nitrogen and oxygen atoms in total. The molecule has 0 fully saturated rings. The summed E-state index contributed by atoms with van der Waals surface area (Å²) >= 11 is 1.05. The molecule has 1 heterocycles. The first kappa shape index (κ1) is 14.0.